The van der Waals surface area contributed by atoms with Crippen LogP contribution >= 0.6 is 11.3 Å². The number of anilines is 3. The quantitative estimate of drug-likeness (QED) is 0.197. The third kappa shape index (κ3) is 4.32. The SMILES string of the molecule is c1ccc(-c2ccc(N(c3ccccc3)c3ccc(-c4ccc5c(c4)sc4ccccc45)cc3)c3oc4ccccc4c23)cc1. The summed E-state index contributed by atoms with van der Waals surface area (Å²) >= 11 is 1.86. The maximum Gasteiger partial charge on any atom is 0.160 e. The molecular formula is C42H27NOS. The van der Waals surface area contributed by atoms with Gasteiger partial charge in [-0.1, -0.05) is 115 Å². The molecule has 0 aliphatic carbocycles. The number of hydrogen-bond donors (Lipinski definition) is 0. The molecule has 212 valence electrons. The van der Waals surface area contributed by atoms with Crippen LogP contribution in [0.1, 0.15) is 0 Å². The number of benzene rings is 7. The second-order valence-electron chi connectivity index (χ2n) is 11.3. The molecule has 7 aromatic carbocycles. The summed E-state index contributed by atoms with van der Waals surface area (Å²) in [5.74, 6) is 0. The number of nitrogens with zero attached hydrogens (tertiary/aromatic N) is 1. The van der Waals surface area contributed by atoms with Crippen molar-refractivity contribution >= 4 is 70.5 Å². The Bertz CT molecular complexity index is 2470. The number of hydrogen-bond acceptors (Lipinski definition) is 3. The van der Waals surface area contributed by atoms with Gasteiger partial charge in [0.15, 0.2) is 5.58 Å². The summed E-state index contributed by atoms with van der Waals surface area (Å²) in [5, 5.41) is 4.89. The van der Waals surface area contributed by atoms with E-state index in [1.165, 1.54) is 42.4 Å². The average molecular weight is 594 g/mol. The molecule has 2 nitrogen and oxygen atoms in total. The van der Waals surface area contributed by atoms with Crippen molar-refractivity contribution in [3.63, 3.8) is 0 Å². The van der Waals surface area contributed by atoms with Crippen molar-refractivity contribution in [1.82, 2.24) is 0 Å². The van der Waals surface area contributed by atoms with E-state index in [0.717, 1.165) is 39.0 Å². The van der Waals surface area contributed by atoms with Crippen LogP contribution in [0.2, 0.25) is 0 Å². The van der Waals surface area contributed by atoms with Crippen LogP contribution in [0.3, 0.4) is 0 Å². The summed E-state index contributed by atoms with van der Waals surface area (Å²) in [6, 6.07) is 58.3. The van der Waals surface area contributed by atoms with E-state index in [0.29, 0.717) is 0 Å². The molecule has 0 radical (unpaired) electrons. The molecule has 3 heteroatoms. The van der Waals surface area contributed by atoms with E-state index < -0.39 is 0 Å². The lowest BCUT2D eigenvalue weighted by Crippen LogP contribution is -2.10. The fourth-order valence-electron chi connectivity index (χ4n) is 6.56. The summed E-state index contributed by atoms with van der Waals surface area (Å²) in [4.78, 5) is 2.30. The van der Waals surface area contributed by atoms with Gasteiger partial charge in [-0.15, -0.1) is 11.3 Å². The van der Waals surface area contributed by atoms with Gasteiger partial charge >= 0.3 is 0 Å². The van der Waals surface area contributed by atoms with E-state index in [2.05, 4.69) is 163 Å². The first-order valence-electron chi connectivity index (χ1n) is 15.2. The van der Waals surface area contributed by atoms with Crippen LogP contribution in [0.5, 0.6) is 0 Å². The number of rotatable bonds is 5. The van der Waals surface area contributed by atoms with Gasteiger partial charge in [-0.3, -0.25) is 0 Å². The van der Waals surface area contributed by atoms with Gasteiger partial charge in [0.05, 0.1) is 5.69 Å². The molecule has 0 saturated carbocycles. The third-order valence-corrected chi connectivity index (χ3v) is 9.82. The van der Waals surface area contributed by atoms with Gasteiger partial charge in [0.1, 0.15) is 5.58 Å². The first-order valence-corrected chi connectivity index (χ1v) is 16.0. The van der Waals surface area contributed by atoms with Gasteiger partial charge in [-0.05, 0) is 70.8 Å². The van der Waals surface area contributed by atoms with Crippen molar-refractivity contribution in [3.05, 3.63) is 164 Å². The summed E-state index contributed by atoms with van der Waals surface area (Å²) < 4.78 is 9.33. The van der Waals surface area contributed by atoms with Gasteiger partial charge in [0.2, 0.25) is 0 Å². The topological polar surface area (TPSA) is 16.4 Å². The van der Waals surface area contributed by atoms with Gasteiger partial charge < -0.3 is 9.32 Å². The van der Waals surface area contributed by atoms with Gasteiger partial charge in [-0.25, -0.2) is 0 Å². The first kappa shape index (κ1) is 25.8. The second-order valence-corrected chi connectivity index (χ2v) is 12.4. The predicted molar refractivity (Wildman–Crippen MR) is 192 cm³/mol. The average Bonchev–Trinajstić information content (AvgIpc) is 3.68. The molecule has 0 fully saturated rings. The molecule has 0 saturated heterocycles. The van der Waals surface area contributed by atoms with Crippen molar-refractivity contribution < 1.29 is 4.42 Å². The number of fused-ring (bicyclic) bond motifs is 6. The van der Waals surface area contributed by atoms with Crippen molar-refractivity contribution in [1.29, 1.82) is 0 Å². The Hall–Kier alpha value is -5.64. The molecule has 0 bridgehead atoms. The Morgan fingerprint density at radius 3 is 1.91 bits per heavy atom. The first-order chi connectivity index (χ1) is 22.3. The Morgan fingerprint density at radius 1 is 0.444 bits per heavy atom. The molecule has 9 aromatic rings. The highest BCUT2D eigenvalue weighted by Crippen LogP contribution is 2.46. The minimum absolute atomic E-state index is 0.876. The highest BCUT2D eigenvalue weighted by atomic mass is 32.1. The molecule has 45 heavy (non-hydrogen) atoms. The lowest BCUT2D eigenvalue weighted by molar-refractivity contribution is 0.669. The van der Waals surface area contributed by atoms with Crippen molar-refractivity contribution in [2.75, 3.05) is 4.90 Å². The van der Waals surface area contributed by atoms with Crippen LogP contribution in [0, 0.1) is 0 Å². The van der Waals surface area contributed by atoms with Gasteiger partial charge in [-0.2, -0.15) is 0 Å². The molecule has 0 aliphatic heterocycles. The second kappa shape index (κ2) is 10.5. The van der Waals surface area contributed by atoms with Crippen LogP contribution in [0.25, 0.3) is 64.4 Å². The lowest BCUT2D eigenvalue weighted by atomic mass is 9.98. The van der Waals surface area contributed by atoms with Gasteiger partial charge in [0, 0.05) is 42.3 Å². The molecule has 2 heterocycles. The van der Waals surface area contributed by atoms with E-state index in [1.807, 2.05) is 17.4 Å². The minimum Gasteiger partial charge on any atom is -0.454 e. The highest BCUT2D eigenvalue weighted by Gasteiger charge is 2.22. The third-order valence-electron chi connectivity index (χ3n) is 8.68. The van der Waals surface area contributed by atoms with E-state index in [4.69, 9.17) is 4.42 Å². The summed E-state index contributed by atoms with van der Waals surface area (Å²) in [5.41, 5.74) is 9.67. The lowest BCUT2D eigenvalue weighted by Gasteiger charge is -2.26. The Kier molecular flexibility index (Phi) is 6.03. The van der Waals surface area contributed by atoms with Crippen molar-refractivity contribution in [3.8, 4) is 22.3 Å². The predicted octanol–water partition coefficient (Wildman–Crippen LogP) is 12.8. The Balaban J connectivity index is 1.20. The molecule has 0 atom stereocenters. The Morgan fingerprint density at radius 2 is 1.09 bits per heavy atom. The van der Waals surface area contributed by atoms with E-state index >= 15 is 0 Å². The Labute approximate surface area is 265 Å². The monoisotopic (exact) mass is 593 g/mol. The minimum atomic E-state index is 0.876. The smallest absolute Gasteiger partial charge is 0.160 e. The maximum absolute atomic E-state index is 6.69. The highest BCUT2D eigenvalue weighted by molar-refractivity contribution is 7.25. The fourth-order valence-corrected chi connectivity index (χ4v) is 7.71. The summed E-state index contributed by atoms with van der Waals surface area (Å²) in [6.07, 6.45) is 0. The fraction of sp³-hybridized carbons (Fsp3) is 0. The van der Waals surface area contributed by atoms with E-state index in [1.54, 1.807) is 0 Å². The van der Waals surface area contributed by atoms with Crippen LogP contribution < -0.4 is 4.90 Å². The molecule has 0 amide bonds. The molecular weight excluding hydrogens is 567 g/mol. The summed E-state index contributed by atoms with van der Waals surface area (Å²) in [6.45, 7) is 0. The molecule has 2 aromatic heterocycles. The van der Waals surface area contributed by atoms with Crippen LogP contribution in [0.15, 0.2) is 168 Å². The zero-order valence-corrected chi connectivity index (χ0v) is 25.2. The molecule has 0 aliphatic rings. The van der Waals surface area contributed by atoms with Crippen LogP contribution in [-0.4, -0.2) is 0 Å². The maximum atomic E-state index is 6.69. The number of para-hydroxylation sites is 2. The zero-order chi connectivity index (χ0) is 29.7. The van der Waals surface area contributed by atoms with Gasteiger partial charge in [0.25, 0.3) is 0 Å². The molecule has 9 rings (SSSR count). The summed E-state index contributed by atoms with van der Waals surface area (Å²) in [7, 11) is 0. The van der Waals surface area contributed by atoms with E-state index in [9.17, 15) is 0 Å². The van der Waals surface area contributed by atoms with Crippen LogP contribution in [-0.2, 0) is 0 Å². The van der Waals surface area contributed by atoms with Crippen molar-refractivity contribution in [2.24, 2.45) is 0 Å². The van der Waals surface area contributed by atoms with Crippen molar-refractivity contribution in [2.45, 2.75) is 0 Å². The number of furan rings is 1. The standard InChI is InChI=1S/C42H27NOS/c1-3-11-29(12-4-1)33-25-26-37(42-41(33)36-16-7-9-17-38(36)44-42)43(31-13-5-2-6-14-31)32-22-19-28(20-23-32)30-21-24-35-34-15-8-10-18-39(34)45-40(35)27-30/h1-27H. The zero-order valence-electron chi connectivity index (χ0n) is 24.4. The van der Waals surface area contributed by atoms with Crippen LogP contribution in [0.4, 0.5) is 17.1 Å². The molecule has 0 spiro atoms. The molecule has 0 N–H and O–H groups in total. The van der Waals surface area contributed by atoms with E-state index in [-0.39, 0.29) is 0 Å². The normalized spacial score (nSPS) is 11.6. The molecule has 0 unspecified atom stereocenters. The largest absolute Gasteiger partial charge is 0.454 e. The number of thiophene rings is 1.